The summed E-state index contributed by atoms with van der Waals surface area (Å²) in [6.07, 6.45) is 1.21. The van der Waals surface area contributed by atoms with Crippen molar-refractivity contribution < 1.29 is 18.7 Å². The molecule has 0 aliphatic carbocycles. The normalized spacial score (nSPS) is 12.3. The van der Waals surface area contributed by atoms with Gasteiger partial charge in [-0.1, -0.05) is 56.1 Å². The van der Waals surface area contributed by atoms with E-state index in [9.17, 15) is 4.79 Å². The van der Waals surface area contributed by atoms with Gasteiger partial charge in [0.25, 0.3) is 0 Å². The SMILES string of the molecule is COc1nc(-c2ccnc(-c3cccc(N)c3Cl)c2Cl)ccc1CN(CCO[Si](C)(C)C(C)(C)C)C(=O)OC(C)(C)C. The third-order valence-electron chi connectivity index (χ3n) is 7.22. The molecule has 42 heavy (non-hydrogen) atoms. The maximum atomic E-state index is 13.2. The molecule has 2 N–H and O–H groups in total. The summed E-state index contributed by atoms with van der Waals surface area (Å²) >= 11 is 13.3. The Kier molecular flexibility index (Phi) is 10.6. The highest BCUT2D eigenvalue weighted by Gasteiger charge is 2.37. The average molecular weight is 634 g/mol. The number of amides is 1. The van der Waals surface area contributed by atoms with Crippen molar-refractivity contribution in [1.82, 2.24) is 14.9 Å². The first kappa shape index (κ1) is 33.6. The highest BCUT2D eigenvalue weighted by atomic mass is 35.5. The Morgan fingerprint density at radius 3 is 2.31 bits per heavy atom. The van der Waals surface area contributed by atoms with E-state index in [-0.39, 0.29) is 11.6 Å². The van der Waals surface area contributed by atoms with Crippen LogP contribution >= 0.6 is 23.2 Å². The molecular weight excluding hydrogens is 591 g/mol. The Balaban J connectivity index is 1.92. The number of rotatable bonds is 9. The van der Waals surface area contributed by atoms with Crippen LogP contribution in [0.25, 0.3) is 22.5 Å². The molecule has 0 aliphatic heterocycles. The highest BCUT2D eigenvalue weighted by Crippen LogP contribution is 2.40. The quantitative estimate of drug-likeness (QED) is 0.186. The van der Waals surface area contributed by atoms with Crippen molar-refractivity contribution in [2.45, 2.75) is 71.8 Å². The van der Waals surface area contributed by atoms with Gasteiger partial charge in [0.1, 0.15) is 5.60 Å². The monoisotopic (exact) mass is 632 g/mol. The van der Waals surface area contributed by atoms with Gasteiger partial charge in [-0.2, -0.15) is 0 Å². The molecule has 228 valence electrons. The van der Waals surface area contributed by atoms with Crippen molar-refractivity contribution >= 4 is 43.3 Å². The molecule has 0 saturated carbocycles. The van der Waals surface area contributed by atoms with Gasteiger partial charge in [-0.3, -0.25) is 4.98 Å². The van der Waals surface area contributed by atoms with Crippen LogP contribution in [-0.2, 0) is 15.7 Å². The predicted molar refractivity (Wildman–Crippen MR) is 174 cm³/mol. The van der Waals surface area contributed by atoms with Crippen LogP contribution in [0.2, 0.25) is 28.2 Å². The number of aromatic nitrogens is 2. The fourth-order valence-electron chi connectivity index (χ4n) is 3.87. The lowest BCUT2D eigenvalue weighted by molar-refractivity contribution is 0.0204. The minimum atomic E-state index is -2.00. The van der Waals surface area contributed by atoms with Crippen molar-refractivity contribution in [2.75, 3.05) is 26.0 Å². The minimum Gasteiger partial charge on any atom is -0.481 e. The highest BCUT2D eigenvalue weighted by molar-refractivity contribution is 6.74. The number of anilines is 1. The molecule has 0 radical (unpaired) electrons. The van der Waals surface area contributed by atoms with Crippen LogP contribution in [0.15, 0.2) is 42.6 Å². The van der Waals surface area contributed by atoms with E-state index in [1.807, 2.05) is 39.0 Å². The zero-order valence-electron chi connectivity index (χ0n) is 26.0. The van der Waals surface area contributed by atoms with Crippen molar-refractivity contribution in [3.8, 4) is 28.4 Å². The molecule has 1 aromatic carbocycles. The molecule has 0 atom stereocenters. The number of nitrogen functional groups attached to an aromatic ring is 1. The van der Waals surface area contributed by atoms with Crippen LogP contribution in [0.4, 0.5) is 10.5 Å². The Morgan fingerprint density at radius 1 is 1.00 bits per heavy atom. The van der Waals surface area contributed by atoms with Gasteiger partial charge < -0.3 is 24.5 Å². The summed E-state index contributed by atoms with van der Waals surface area (Å²) in [7, 11) is -0.456. The minimum absolute atomic E-state index is 0.0548. The summed E-state index contributed by atoms with van der Waals surface area (Å²) in [5, 5.41) is 0.814. The zero-order chi connectivity index (χ0) is 31.5. The van der Waals surface area contributed by atoms with Gasteiger partial charge >= 0.3 is 6.09 Å². The molecule has 0 unspecified atom stereocenters. The van der Waals surface area contributed by atoms with E-state index in [2.05, 4.69) is 38.8 Å². The Labute approximate surface area is 260 Å². The first-order chi connectivity index (χ1) is 19.4. The molecule has 1 amide bonds. The number of nitrogens with two attached hydrogens (primary N) is 1. The first-order valence-electron chi connectivity index (χ1n) is 13.8. The number of hydrogen-bond acceptors (Lipinski definition) is 7. The summed E-state index contributed by atoms with van der Waals surface area (Å²) < 4.78 is 17.7. The van der Waals surface area contributed by atoms with Crippen LogP contribution in [-0.4, -0.2) is 55.1 Å². The fourth-order valence-corrected chi connectivity index (χ4v) is 5.43. The smallest absolute Gasteiger partial charge is 0.410 e. The lowest BCUT2D eigenvalue weighted by atomic mass is 10.1. The zero-order valence-corrected chi connectivity index (χ0v) is 28.5. The number of ether oxygens (including phenoxy) is 2. The average Bonchev–Trinajstić information content (AvgIpc) is 2.88. The van der Waals surface area contributed by atoms with Crippen LogP contribution in [0.1, 0.15) is 47.1 Å². The van der Waals surface area contributed by atoms with Gasteiger partial charge in [-0.05, 0) is 63.2 Å². The standard InChI is InChI=1S/C31H42Cl2N4O4Si/c1-30(2,3)41-29(38)37(17-18-40-42(8,9)31(4,5)6)19-20-13-14-24(36-28(20)39-7)21-15-16-35-27(26(21)33)22-11-10-12-23(34)25(22)32/h10-16H,17-19,34H2,1-9H3. The number of benzene rings is 1. The number of carbonyl (C=O) groups excluding carboxylic acids is 1. The number of pyridine rings is 2. The van der Waals surface area contributed by atoms with E-state index in [1.165, 1.54) is 0 Å². The summed E-state index contributed by atoms with van der Waals surface area (Å²) in [4.78, 5) is 24.0. The van der Waals surface area contributed by atoms with Crippen LogP contribution in [0.5, 0.6) is 5.88 Å². The van der Waals surface area contributed by atoms with Gasteiger partial charge in [0.2, 0.25) is 5.88 Å². The van der Waals surface area contributed by atoms with Crippen molar-refractivity contribution in [3.05, 3.63) is 58.2 Å². The summed E-state index contributed by atoms with van der Waals surface area (Å²) in [6.45, 7) is 17.4. The van der Waals surface area contributed by atoms with Gasteiger partial charge in [0.05, 0.1) is 47.4 Å². The van der Waals surface area contributed by atoms with Crippen molar-refractivity contribution in [3.63, 3.8) is 0 Å². The summed E-state index contributed by atoms with van der Waals surface area (Å²) in [5.41, 5.74) is 8.85. The number of hydrogen-bond donors (Lipinski definition) is 1. The van der Waals surface area contributed by atoms with Gasteiger partial charge in [-0.25, -0.2) is 9.78 Å². The predicted octanol–water partition coefficient (Wildman–Crippen LogP) is 8.47. The van der Waals surface area contributed by atoms with Gasteiger partial charge in [0.15, 0.2) is 8.32 Å². The van der Waals surface area contributed by atoms with E-state index in [0.29, 0.717) is 62.8 Å². The number of nitrogens with zero attached hydrogens (tertiary/aromatic N) is 3. The molecule has 0 aliphatic rings. The number of halogens is 2. The molecule has 0 saturated heterocycles. The second-order valence-corrected chi connectivity index (χ2v) is 18.2. The second kappa shape index (κ2) is 13.2. The van der Waals surface area contributed by atoms with E-state index in [4.69, 9.17) is 47.8 Å². The fraction of sp³-hybridized carbons (Fsp3) is 0.452. The lowest BCUT2D eigenvalue weighted by Crippen LogP contribution is -2.44. The Bertz CT molecular complexity index is 1420. The molecule has 3 aromatic rings. The largest absolute Gasteiger partial charge is 0.481 e. The molecule has 0 bridgehead atoms. The maximum Gasteiger partial charge on any atom is 0.410 e. The van der Waals surface area contributed by atoms with E-state index in [1.54, 1.807) is 36.4 Å². The number of methoxy groups -OCH3 is 1. The lowest BCUT2D eigenvalue weighted by Gasteiger charge is -2.37. The third-order valence-corrected chi connectivity index (χ3v) is 12.6. The molecule has 2 aromatic heterocycles. The topological polar surface area (TPSA) is 99.8 Å². The number of carbonyl (C=O) groups is 1. The van der Waals surface area contributed by atoms with Crippen LogP contribution < -0.4 is 10.5 Å². The summed E-state index contributed by atoms with van der Waals surface area (Å²) in [6, 6.07) is 10.8. The molecule has 0 spiro atoms. The molecule has 11 heteroatoms. The van der Waals surface area contributed by atoms with Gasteiger partial charge in [0, 0.05) is 29.4 Å². The van der Waals surface area contributed by atoms with Crippen LogP contribution in [0, 0.1) is 0 Å². The molecular formula is C31H42Cl2N4O4Si. The molecule has 2 heterocycles. The summed E-state index contributed by atoms with van der Waals surface area (Å²) in [5.74, 6) is 0.364. The third kappa shape index (κ3) is 8.16. The molecule has 0 fully saturated rings. The van der Waals surface area contributed by atoms with Gasteiger partial charge in [-0.15, -0.1) is 0 Å². The molecule has 8 nitrogen and oxygen atoms in total. The molecule has 3 rings (SSSR count). The van der Waals surface area contributed by atoms with Crippen LogP contribution in [0.3, 0.4) is 0 Å². The van der Waals surface area contributed by atoms with E-state index in [0.717, 1.165) is 0 Å². The Morgan fingerprint density at radius 2 is 1.69 bits per heavy atom. The maximum absolute atomic E-state index is 13.2. The second-order valence-electron chi connectivity index (χ2n) is 12.6. The van der Waals surface area contributed by atoms with Crippen molar-refractivity contribution in [1.29, 1.82) is 0 Å². The van der Waals surface area contributed by atoms with E-state index < -0.39 is 20.0 Å². The van der Waals surface area contributed by atoms with Crippen molar-refractivity contribution in [2.24, 2.45) is 0 Å². The first-order valence-corrected chi connectivity index (χ1v) is 17.5. The Hall–Kier alpha value is -2.85. The van der Waals surface area contributed by atoms with E-state index >= 15 is 0 Å².